The lowest BCUT2D eigenvalue weighted by Crippen LogP contribution is -2.40. The number of benzene rings is 1. The lowest BCUT2D eigenvalue weighted by atomic mass is 9.95. The molecule has 0 unspecified atom stereocenters. The molecule has 1 fully saturated rings. The van der Waals surface area contributed by atoms with Crippen LogP contribution in [0.25, 0.3) is 0 Å². The highest BCUT2D eigenvalue weighted by Crippen LogP contribution is 2.31. The molecular formula is C27H29N3O3S. The Labute approximate surface area is 204 Å². The van der Waals surface area contributed by atoms with Crippen molar-refractivity contribution in [1.29, 1.82) is 0 Å². The Hall–Kier alpha value is -3.03. The lowest BCUT2D eigenvalue weighted by Gasteiger charge is -2.25. The van der Waals surface area contributed by atoms with E-state index in [2.05, 4.69) is 4.98 Å². The van der Waals surface area contributed by atoms with E-state index in [0.717, 1.165) is 36.1 Å². The number of rotatable bonds is 6. The second kappa shape index (κ2) is 10.5. The van der Waals surface area contributed by atoms with Gasteiger partial charge in [-0.15, -0.1) is 11.3 Å². The Balaban J connectivity index is 1.37. The molecule has 6 nitrogen and oxygen atoms in total. The van der Waals surface area contributed by atoms with Crippen molar-refractivity contribution in [3.8, 4) is 0 Å². The summed E-state index contributed by atoms with van der Waals surface area (Å²) in [5.74, 6) is -0.106. The molecule has 1 aliphatic carbocycles. The highest BCUT2D eigenvalue weighted by Gasteiger charge is 2.33. The van der Waals surface area contributed by atoms with Crippen molar-refractivity contribution in [1.82, 2.24) is 14.8 Å². The van der Waals surface area contributed by atoms with E-state index in [1.54, 1.807) is 22.4 Å². The van der Waals surface area contributed by atoms with E-state index in [0.29, 0.717) is 26.2 Å². The van der Waals surface area contributed by atoms with Crippen molar-refractivity contribution in [3.63, 3.8) is 0 Å². The van der Waals surface area contributed by atoms with Crippen LogP contribution in [-0.2, 0) is 35.5 Å². The zero-order valence-electron chi connectivity index (χ0n) is 19.2. The lowest BCUT2D eigenvalue weighted by molar-refractivity contribution is -0.132. The van der Waals surface area contributed by atoms with Gasteiger partial charge in [0, 0.05) is 36.1 Å². The Morgan fingerprint density at radius 3 is 2.71 bits per heavy atom. The molecule has 1 aliphatic heterocycles. The van der Waals surface area contributed by atoms with Crippen LogP contribution in [0.3, 0.4) is 0 Å². The third-order valence-electron chi connectivity index (χ3n) is 6.52. The summed E-state index contributed by atoms with van der Waals surface area (Å²) in [7, 11) is 0. The number of pyridine rings is 1. The molecule has 2 aliphatic rings. The molecule has 3 heterocycles. The summed E-state index contributed by atoms with van der Waals surface area (Å²) in [5, 5.41) is 1.99. The average Bonchev–Trinajstić information content (AvgIpc) is 3.24. The largest absolute Gasteiger partial charge is 0.368 e. The summed E-state index contributed by atoms with van der Waals surface area (Å²) in [6.45, 7) is 1.73. The first-order valence-corrected chi connectivity index (χ1v) is 12.8. The first-order valence-electron chi connectivity index (χ1n) is 11.9. The van der Waals surface area contributed by atoms with Crippen LogP contribution in [0.4, 0.5) is 0 Å². The second-order valence-electron chi connectivity index (χ2n) is 8.96. The minimum absolute atomic E-state index is 0.0507. The Morgan fingerprint density at radius 1 is 1.06 bits per heavy atom. The Morgan fingerprint density at radius 2 is 1.88 bits per heavy atom. The number of thiophene rings is 1. The van der Waals surface area contributed by atoms with Crippen molar-refractivity contribution in [3.05, 3.63) is 87.4 Å². The van der Waals surface area contributed by atoms with Crippen LogP contribution < -0.4 is 0 Å². The van der Waals surface area contributed by atoms with E-state index in [1.807, 2.05) is 58.8 Å². The Bertz CT molecular complexity index is 1130. The number of amides is 2. The number of hydrogen-bond donors (Lipinski definition) is 0. The topological polar surface area (TPSA) is 62.7 Å². The van der Waals surface area contributed by atoms with Gasteiger partial charge in [0.25, 0.3) is 5.91 Å². The molecule has 0 N–H and O–H groups in total. The van der Waals surface area contributed by atoms with Crippen molar-refractivity contribution < 1.29 is 14.3 Å². The fraction of sp³-hybridized carbons (Fsp3) is 0.370. The maximum Gasteiger partial charge on any atom is 0.255 e. The minimum atomic E-state index is -0.296. The van der Waals surface area contributed by atoms with Gasteiger partial charge in [-0.25, -0.2) is 0 Å². The maximum absolute atomic E-state index is 13.6. The molecule has 176 valence electrons. The normalized spacial score (nSPS) is 18.5. The number of hydrogen-bond acceptors (Lipinski definition) is 5. The van der Waals surface area contributed by atoms with Crippen LogP contribution >= 0.6 is 11.3 Å². The third-order valence-corrected chi connectivity index (χ3v) is 7.60. The van der Waals surface area contributed by atoms with Gasteiger partial charge in [0.15, 0.2) is 0 Å². The predicted octanol–water partition coefficient (Wildman–Crippen LogP) is 4.09. The van der Waals surface area contributed by atoms with E-state index < -0.39 is 0 Å². The fourth-order valence-electron chi connectivity index (χ4n) is 4.73. The van der Waals surface area contributed by atoms with E-state index in [1.165, 1.54) is 16.9 Å². The molecule has 1 atom stereocenters. The van der Waals surface area contributed by atoms with Crippen LogP contribution in [0.1, 0.15) is 44.9 Å². The van der Waals surface area contributed by atoms with Gasteiger partial charge in [0.2, 0.25) is 5.91 Å². The standard InChI is InChI=1S/C27H29N3O3S/c31-26-17-30(27(32)24-19-34-25-12-5-4-11-23(24)25)16-22(33-18-21-10-6-7-13-28-21)15-29(26)14-20-8-2-1-3-9-20/h1-3,6-10,13,19,22H,4-5,11-12,14-18H2/t22-/m1/s1. The number of fused-ring (bicyclic) bond motifs is 1. The van der Waals surface area contributed by atoms with Crippen molar-refractivity contribution in [2.45, 2.75) is 44.9 Å². The van der Waals surface area contributed by atoms with Gasteiger partial charge in [0.05, 0.1) is 24.0 Å². The van der Waals surface area contributed by atoms with Crippen LogP contribution in [0, 0.1) is 0 Å². The zero-order chi connectivity index (χ0) is 23.3. The molecule has 0 radical (unpaired) electrons. The summed E-state index contributed by atoms with van der Waals surface area (Å²) >= 11 is 1.68. The molecule has 0 spiro atoms. The second-order valence-corrected chi connectivity index (χ2v) is 9.92. The molecule has 3 aromatic rings. The summed E-state index contributed by atoms with van der Waals surface area (Å²) in [5.41, 5.74) is 3.85. The number of aryl methyl sites for hydroxylation is 1. The number of ether oxygens (including phenoxy) is 1. The molecule has 1 saturated heterocycles. The van der Waals surface area contributed by atoms with Gasteiger partial charge >= 0.3 is 0 Å². The molecule has 34 heavy (non-hydrogen) atoms. The van der Waals surface area contributed by atoms with Crippen LogP contribution in [-0.4, -0.2) is 52.3 Å². The predicted molar refractivity (Wildman–Crippen MR) is 132 cm³/mol. The summed E-state index contributed by atoms with van der Waals surface area (Å²) < 4.78 is 6.23. The van der Waals surface area contributed by atoms with E-state index >= 15 is 0 Å². The first kappa shape index (κ1) is 22.7. The quantitative estimate of drug-likeness (QED) is 0.539. The van der Waals surface area contributed by atoms with Crippen molar-refractivity contribution >= 4 is 23.2 Å². The number of aromatic nitrogens is 1. The zero-order valence-corrected chi connectivity index (χ0v) is 20.0. The monoisotopic (exact) mass is 475 g/mol. The van der Waals surface area contributed by atoms with Gasteiger partial charge in [-0.1, -0.05) is 36.4 Å². The van der Waals surface area contributed by atoms with Crippen molar-refractivity contribution in [2.75, 3.05) is 19.6 Å². The highest BCUT2D eigenvalue weighted by molar-refractivity contribution is 7.10. The van der Waals surface area contributed by atoms with Gasteiger partial charge in [-0.3, -0.25) is 14.6 Å². The van der Waals surface area contributed by atoms with E-state index in [9.17, 15) is 9.59 Å². The summed E-state index contributed by atoms with van der Waals surface area (Å²) in [6.07, 6.45) is 5.74. The smallest absolute Gasteiger partial charge is 0.255 e. The molecule has 2 aromatic heterocycles. The van der Waals surface area contributed by atoms with Gasteiger partial charge in [-0.2, -0.15) is 0 Å². The molecular weight excluding hydrogens is 446 g/mol. The first-order chi connectivity index (χ1) is 16.7. The molecule has 0 bridgehead atoms. The number of carbonyl (C=O) groups is 2. The van der Waals surface area contributed by atoms with Gasteiger partial charge in [0.1, 0.15) is 6.54 Å². The number of carbonyl (C=O) groups excluding carboxylic acids is 2. The SMILES string of the molecule is O=C1CN(C(=O)c2csc3c2CCCC3)C[C@H](OCc2ccccn2)CN1Cc1ccccc1. The van der Waals surface area contributed by atoms with Crippen LogP contribution in [0.5, 0.6) is 0 Å². The van der Waals surface area contributed by atoms with E-state index in [-0.39, 0.29) is 24.5 Å². The van der Waals surface area contributed by atoms with Gasteiger partial charge in [-0.05, 0) is 48.9 Å². The summed E-state index contributed by atoms with van der Waals surface area (Å²) in [4.78, 5) is 36.1. The average molecular weight is 476 g/mol. The third kappa shape index (κ3) is 5.21. The maximum atomic E-state index is 13.6. The number of nitrogens with zero attached hydrogens (tertiary/aromatic N) is 3. The van der Waals surface area contributed by atoms with Crippen LogP contribution in [0.15, 0.2) is 60.1 Å². The van der Waals surface area contributed by atoms with Gasteiger partial charge < -0.3 is 14.5 Å². The molecule has 1 aromatic carbocycles. The molecule has 2 amide bonds. The molecule has 5 rings (SSSR count). The summed E-state index contributed by atoms with van der Waals surface area (Å²) in [6, 6.07) is 15.7. The van der Waals surface area contributed by atoms with Crippen molar-refractivity contribution in [2.24, 2.45) is 0 Å². The molecule has 7 heteroatoms. The van der Waals surface area contributed by atoms with E-state index in [4.69, 9.17) is 4.74 Å². The molecule has 0 saturated carbocycles. The van der Waals surface area contributed by atoms with Crippen LogP contribution in [0.2, 0.25) is 0 Å². The Kier molecular flexibility index (Phi) is 7.02. The highest BCUT2D eigenvalue weighted by atomic mass is 32.1. The minimum Gasteiger partial charge on any atom is -0.368 e. The fourth-order valence-corrected chi connectivity index (χ4v) is 5.85.